The number of hydrogen-bond acceptors (Lipinski definition) is 5. The molecule has 3 aromatic carbocycles. The molecule has 0 aliphatic heterocycles. The number of amides is 1. The summed E-state index contributed by atoms with van der Waals surface area (Å²) in [5.41, 5.74) is -1.18. The van der Waals surface area contributed by atoms with Gasteiger partial charge in [0.25, 0.3) is 5.91 Å². The Labute approximate surface area is 210 Å². The van der Waals surface area contributed by atoms with Gasteiger partial charge < -0.3 is 19.5 Å². The average Bonchev–Trinajstić information content (AvgIpc) is 2.84. The Hall–Kier alpha value is -3.86. The minimum atomic E-state index is -4.30. The number of alkyl halides is 2. The smallest absolute Gasteiger partial charge is 0.352 e. The fraction of sp³-hybridized carbons (Fsp3) is 0.120. The van der Waals surface area contributed by atoms with E-state index >= 15 is 0 Å². The number of carbonyl (C=O) groups is 1. The molecule has 0 aliphatic carbocycles. The lowest BCUT2D eigenvalue weighted by Gasteiger charge is -2.18. The van der Waals surface area contributed by atoms with Crippen molar-refractivity contribution in [2.75, 3.05) is 19.5 Å². The molecule has 0 unspecified atom stereocenters. The van der Waals surface area contributed by atoms with Crippen molar-refractivity contribution in [1.29, 1.82) is 0 Å². The molecule has 4 aromatic rings. The van der Waals surface area contributed by atoms with Gasteiger partial charge in [-0.25, -0.2) is 8.78 Å². The lowest BCUT2D eigenvalue weighted by Crippen LogP contribution is -2.33. The van der Waals surface area contributed by atoms with Gasteiger partial charge in [0.15, 0.2) is 11.5 Å². The van der Waals surface area contributed by atoms with Gasteiger partial charge in [0, 0.05) is 28.2 Å². The van der Waals surface area contributed by atoms with Gasteiger partial charge in [-0.2, -0.15) is 8.78 Å². The Balaban J connectivity index is 1.61. The first-order valence-corrected chi connectivity index (χ1v) is 11.1. The predicted octanol–water partition coefficient (Wildman–Crippen LogP) is 6.82. The first kappa shape index (κ1) is 25.2. The number of anilines is 1. The van der Waals surface area contributed by atoms with Gasteiger partial charge in [-0.15, -0.1) is 0 Å². The number of rotatable bonds is 7. The van der Waals surface area contributed by atoms with E-state index in [1.165, 1.54) is 32.5 Å². The van der Waals surface area contributed by atoms with Crippen LogP contribution in [0.2, 0.25) is 0 Å². The Morgan fingerprint density at radius 3 is 2.31 bits per heavy atom. The van der Waals surface area contributed by atoms with Gasteiger partial charge >= 0.3 is 5.92 Å². The molecular formula is C25H17BrF4N2O4. The van der Waals surface area contributed by atoms with Gasteiger partial charge in [-0.3, -0.25) is 9.78 Å². The molecular weight excluding hydrogens is 548 g/mol. The molecule has 1 aromatic heterocycles. The van der Waals surface area contributed by atoms with Crippen LogP contribution in [0.4, 0.5) is 23.2 Å². The number of aromatic nitrogens is 1. The van der Waals surface area contributed by atoms with Crippen LogP contribution in [0.3, 0.4) is 0 Å². The molecule has 1 heterocycles. The Morgan fingerprint density at radius 1 is 0.917 bits per heavy atom. The van der Waals surface area contributed by atoms with Crippen molar-refractivity contribution in [3.63, 3.8) is 0 Å². The molecule has 0 aliphatic rings. The van der Waals surface area contributed by atoms with Crippen LogP contribution in [0.25, 0.3) is 10.9 Å². The molecule has 0 saturated heterocycles. The highest BCUT2D eigenvalue weighted by atomic mass is 79.9. The van der Waals surface area contributed by atoms with Crippen molar-refractivity contribution < 1.29 is 36.6 Å². The van der Waals surface area contributed by atoms with Crippen LogP contribution in [0.5, 0.6) is 23.0 Å². The van der Waals surface area contributed by atoms with E-state index in [0.717, 1.165) is 30.3 Å². The standard InChI is InChI=1S/C25H17BrF4N2O4/c1-34-22-11-15-20(12-23(22)35-2)31-8-7-21(15)36-14-4-5-16(17(27)10-14)25(29,30)24(33)32-19-6-3-13(26)9-18(19)28/h3-12H,1-2H3,(H,32,33). The number of hydrogen-bond donors (Lipinski definition) is 1. The summed E-state index contributed by atoms with van der Waals surface area (Å²) in [6.07, 6.45) is 1.45. The fourth-order valence-corrected chi connectivity index (χ4v) is 3.72. The molecule has 4 rings (SSSR count). The first-order chi connectivity index (χ1) is 17.1. The van der Waals surface area contributed by atoms with Gasteiger partial charge in [0.1, 0.15) is 23.1 Å². The van der Waals surface area contributed by atoms with E-state index in [2.05, 4.69) is 20.9 Å². The molecule has 6 nitrogen and oxygen atoms in total. The Kier molecular flexibility index (Phi) is 7.02. The SMILES string of the molecule is COc1cc2nccc(Oc3ccc(C(F)(F)C(=O)Nc4ccc(Br)cc4F)c(F)c3)c2cc1OC. The quantitative estimate of drug-likeness (QED) is 0.249. The third-order valence-electron chi connectivity index (χ3n) is 5.18. The summed E-state index contributed by atoms with van der Waals surface area (Å²) in [6.45, 7) is 0. The molecule has 1 N–H and O–H groups in total. The second-order valence-corrected chi connectivity index (χ2v) is 8.35. The zero-order chi connectivity index (χ0) is 26.0. The van der Waals surface area contributed by atoms with E-state index in [4.69, 9.17) is 14.2 Å². The maximum Gasteiger partial charge on any atom is 0.352 e. The monoisotopic (exact) mass is 564 g/mol. The number of nitrogens with zero attached hydrogens (tertiary/aromatic N) is 1. The molecule has 0 bridgehead atoms. The predicted molar refractivity (Wildman–Crippen MR) is 128 cm³/mol. The summed E-state index contributed by atoms with van der Waals surface area (Å²) in [5.74, 6) is -7.52. The van der Waals surface area contributed by atoms with Crippen molar-refractivity contribution in [2.45, 2.75) is 5.92 Å². The highest BCUT2D eigenvalue weighted by Crippen LogP contribution is 2.38. The van der Waals surface area contributed by atoms with Gasteiger partial charge in [-0.05, 0) is 42.5 Å². The molecule has 0 radical (unpaired) electrons. The molecule has 186 valence electrons. The van der Waals surface area contributed by atoms with Crippen LogP contribution >= 0.6 is 15.9 Å². The first-order valence-electron chi connectivity index (χ1n) is 10.3. The second-order valence-electron chi connectivity index (χ2n) is 7.43. The maximum atomic E-state index is 14.8. The van der Waals surface area contributed by atoms with E-state index in [0.29, 0.717) is 26.9 Å². The third kappa shape index (κ3) is 4.92. The maximum absolute atomic E-state index is 14.8. The van der Waals surface area contributed by atoms with Crippen molar-refractivity contribution in [1.82, 2.24) is 4.98 Å². The van der Waals surface area contributed by atoms with E-state index < -0.39 is 34.7 Å². The molecule has 0 spiro atoms. The van der Waals surface area contributed by atoms with Crippen LogP contribution < -0.4 is 19.5 Å². The second kappa shape index (κ2) is 10.0. The highest BCUT2D eigenvalue weighted by molar-refractivity contribution is 9.10. The topological polar surface area (TPSA) is 69.7 Å². The molecule has 36 heavy (non-hydrogen) atoms. The van der Waals surface area contributed by atoms with Gasteiger partial charge in [0.05, 0.1) is 31.0 Å². The van der Waals surface area contributed by atoms with Gasteiger partial charge in [-0.1, -0.05) is 15.9 Å². The van der Waals surface area contributed by atoms with Crippen LogP contribution in [0.15, 0.2) is 65.3 Å². The van der Waals surface area contributed by atoms with Crippen molar-refractivity contribution in [3.8, 4) is 23.0 Å². The Morgan fingerprint density at radius 2 is 1.64 bits per heavy atom. The van der Waals surface area contributed by atoms with E-state index in [1.54, 1.807) is 17.4 Å². The third-order valence-corrected chi connectivity index (χ3v) is 5.67. The van der Waals surface area contributed by atoms with E-state index in [1.807, 2.05) is 0 Å². The van der Waals surface area contributed by atoms with Crippen molar-refractivity contribution >= 4 is 38.4 Å². The van der Waals surface area contributed by atoms with Gasteiger partial charge in [0.2, 0.25) is 0 Å². The molecule has 0 fully saturated rings. The molecule has 0 saturated carbocycles. The number of carbonyl (C=O) groups excluding carboxylic acids is 1. The highest BCUT2D eigenvalue weighted by Gasteiger charge is 2.43. The van der Waals surface area contributed by atoms with Crippen molar-refractivity contribution in [3.05, 3.63) is 82.5 Å². The van der Waals surface area contributed by atoms with E-state index in [9.17, 15) is 22.4 Å². The zero-order valence-corrected chi connectivity index (χ0v) is 20.3. The average molecular weight is 565 g/mol. The normalized spacial score (nSPS) is 11.3. The van der Waals surface area contributed by atoms with Crippen LogP contribution in [0.1, 0.15) is 5.56 Å². The lowest BCUT2D eigenvalue weighted by molar-refractivity contribution is -0.141. The van der Waals surface area contributed by atoms with Crippen molar-refractivity contribution in [2.24, 2.45) is 0 Å². The number of methoxy groups -OCH3 is 2. The summed E-state index contributed by atoms with van der Waals surface area (Å²) in [7, 11) is 2.93. The number of ether oxygens (including phenoxy) is 3. The summed E-state index contributed by atoms with van der Waals surface area (Å²) < 4.78 is 74.8. The summed E-state index contributed by atoms with van der Waals surface area (Å²) in [4.78, 5) is 16.4. The minimum absolute atomic E-state index is 0.103. The molecule has 0 atom stereocenters. The number of nitrogens with one attached hydrogen (secondary N) is 1. The summed E-state index contributed by atoms with van der Waals surface area (Å²) in [5, 5.41) is 2.29. The Bertz CT molecular complexity index is 1470. The van der Waals surface area contributed by atoms with Crippen LogP contribution in [-0.4, -0.2) is 25.1 Å². The lowest BCUT2D eigenvalue weighted by atomic mass is 10.1. The van der Waals surface area contributed by atoms with Crippen LogP contribution in [0, 0.1) is 11.6 Å². The zero-order valence-electron chi connectivity index (χ0n) is 18.7. The molecule has 11 heteroatoms. The number of benzene rings is 3. The number of pyridine rings is 1. The summed E-state index contributed by atoms with van der Waals surface area (Å²) in [6, 6.07) is 10.7. The van der Waals surface area contributed by atoms with E-state index in [-0.39, 0.29) is 11.5 Å². The molecule has 1 amide bonds. The summed E-state index contributed by atoms with van der Waals surface area (Å²) >= 11 is 3.03. The minimum Gasteiger partial charge on any atom is -0.493 e. The number of halogens is 5. The fourth-order valence-electron chi connectivity index (χ4n) is 3.39. The number of fused-ring (bicyclic) bond motifs is 1. The largest absolute Gasteiger partial charge is 0.493 e. The van der Waals surface area contributed by atoms with Crippen LogP contribution in [-0.2, 0) is 10.7 Å².